The Balaban J connectivity index is 2.35. The van der Waals surface area contributed by atoms with Crippen molar-refractivity contribution in [2.75, 3.05) is 5.88 Å². The van der Waals surface area contributed by atoms with Crippen molar-refractivity contribution < 1.29 is 0 Å². The van der Waals surface area contributed by atoms with Crippen LogP contribution in [-0.2, 0) is 6.42 Å². The van der Waals surface area contributed by atoms with E-state index < -0.39 is 0 Å². The first-order valence-corrected chi connectivity index (χ1v) is 6.38. The van der Waals surface area contributed by atoms with Crippen LogP contribution in [0.4, 0.5) is 0 Å². The molecule has 84 valence electrons. The van der Waals surface area contributed by atoms with E-state index in [9.17, 15) is 0 Å². The molecule has 0 unspecified atom stereocenters. The van der Waals surface area contributed by atoms with E-state index >= 15 is 0 Å². The maximum absolute atomic E-state index is 5.85. The zero-order valence-electron chi connectivity index (χ0n) is 9.49. The Labute approximate surface area is 106 Å². The summed E-state index contributed by atoms with van der Waals surface area (Å²) in [5, 5.41) is 5.21. The smallest absolute Gasteiger partial charge is 0.0264 e. The summed E-state index contributed by atoms with van der Waals surface area (Å²) < 4.78 is 0. The van der Waals surface area contributed by atoms with Gasteiger partial charge in [-0.3, -0.25) is 0 Å². The van der Waals surface area contributed by atoms with Crippen molar-refractivity contribution >= 4 is 33.1 Å². The minimum atomic E-state index is 0.673. The fraction of sp³-hybridized carbons (Fsp3) is 0.125. The van der Waals surface area contributed by atoms with Crippen LogP contribution in [0.25, 0.3) is 21.5 Å². The number of hydrogen-bond acceptors (Lipinski definition) is 0. The van der Waals surface area contributed by atoms with Crippen molar-refractivity contribution in [1.82, 2.24) is 0 Å². The number of rotatable bonds is 2. The van der Waals surface area contributed by atoms with Gasteiger partial charge in [-0.2, -0.15) is 0 Å². The number of halogens is 1. The van der Waals surface area contributed by atoms with Gasteiger partial charge < -0.3 is 0 Å². The predicted octanol–water partition coefficient (Wildman–Crippen LogP) is 4.77. The maximum atomic E-state index is 5.85. The van der Waals surface area contributed by atoms with Crippen molar-refractivity contribution in [3.05, 3.63) is 60.2 Å². The third-order valence-corrected chi connectivity index (χ3v) is 3.39. The predicted molar refractivity (Wildman–Crippen MR) is 75.9 cm³/mol. The second-order valence-corrected chi connectivity index (χ2v) is 4.65. The van der Waals surface area contributed by atoms with E-state index in [0.717, 1.165) is 6.42 Å². The van der Waals surface area contributed by atoms with Crippen LogP contribution in [-0.4, -0.2) is 5.88 Å². The first-order chi connectivity index (χ1) is 8.38. The summed E-state index contributed by atoms with van der Waals surface area (Å²) in [6, 6.07) is 19.4. The molecule has 0 nitrogen and oxygen atoms in total. The molecule has 0 fully saturated rings. The Morgan fingerprint density at radius 3 is 2.24 bits per heavy atom. The molecule has 0 bridgehead atoms. The van der Waals surface area contributed by atoms with Gasteiger partial charge in [0.05, 0.1) is 0 Å². The molecule has 17 heavy (non-hydrogen) atoms. The second-order valence-electron chi connectivity index (χ2n) is 4.28. The average molecular weight is 241 g/mol. The summed E-state index contributed by atoms with van der Waals surface area (Å²) in [7, 11) is 0. The molecule has 0 atom stereocenters. The highest BCUT2D eigenvalue weighted by molar-refractivity contribution is 6.18. The van der Waals surface area contributed by atoms with Gasteiger partial charge in [0.2, 0.25) is 0 Å². The van der Waals surface area contributed by atoms with E-state index in [1.807, 2.05) is 0 Å². The molecule has 0 saturated heterocycles. The normalized spacial score (nSPS) is 11.1. The molecule has 0 spiro atoms. The molecule has 0 saturated carbocycles. The van der Waals surface area contributed by atoms with Crippen LogP contribution in [0.2, 0.25) is 0 Å². The third kappa shape index (κ3) is 1.89. The quantitative estimate of drug-likeness (QED) is 0.447. The second kappa shape index (κ2) is 4.38. The van der Waals surface area contributed by atoms with Crippen molar-refractivity contribution in [3.8, 4) is 0 Å². The molecule has 0 aromatic heterocycles. The fourth-order valence-corrected chi connectivity index (χ4v) is 2.56. The molecule has 0 heterocycles. The molecule has 0 aliphatic heterocycles. The van der Waals surface area contributed by atoms with Crippen LogP contribution in [0.1, 0.15) is 5.56 Å². The first-order valence-electron chi connectivity index (χ1n) is 5.85. The molecule has 1 heteroatoms. The Hall–Kier alpha value is -1.53. The maximum Gasteiger partial charge on any atom is 0.0264 e. The summed E-state index contributed by atoms with van der Waals surface area (Å²) in [6.07, 6.45) is 0.928. The van der Waals surface area contributed by atoms with Gasteiger partial charge in [-0.1, -0.05) is 42.5 Å². The lowest BCUT2D eigenvalue weighted by atomic mass is 9.99. The van der Waals surface area contributed by atoms with Gasteiger partial charge in [0.15, 0.2) is 0 Å². The highest BCUT2D eigenvalue weighted by atomic mass is 35.5. The van der Waals surface area contributed by atoms with Crippen LogP contribution >= 0.6 is 11.6 Å². The zero-order chi connectivity index (χ0) is 11.7. The van der Waals surface area contributed by atoms with Gasteiger partial charge in [0.1, 0.15) is 0 Å². The highest BCUT2D eigenvalue weighted by Crippen LogP contribution is 2.25. The number of aryl methyl sites for hydroxylation is 1. The molecule has 3 aromatic rings. The third-order valence-electron chi connectivity index (χ3n) is 3.20. The van der Waals surface area contributed by atoms with Crippen LogP contribution in [0, 0.1) is 0 Å². The van der Waals surface area contributed by atoms with E-state index in [2.05, 4.69) is 54.6 Å². The Morgan fingerprint density at radius 2 is 1.47 bits per heavy atom. The number of fused-ring (bicyclic) bond motifs is 2. The average Bonchev–Trinajstić information content (AvgIpc) is 2.37. The number of hydrogen-bond donors (Lipinski definition) is 0. The van der Waals surface area contributed by atoms with E-state index in [0.29, 0.717) is 5.88 Å². The SMILES string of the molecule is ClCCc1cccc2cc3ccccc3cc12. The largest absolute Gasteiger partial charge is 0.126 e. The summed E-state index contributed by atoms with van der Waals surface area (Å²) in [5.41, 5.74) is 1.34. The van der Waals surface area contributed by atoms with Crippen LogP contribution < -0.4 is 0 Å². The summed E-state index contributed by atoms with van der Waals surface area (Å²) in [6.45, 7) is 0. The van der Waals surface area contributed by atoms with Crippen LogP contribution in [0.3, 0.4) is 0 Å². The first kappa shape index (κ1) is 10.6. The summed E-state index contributed by atoms with van der Waals surface area (Å²) in [5.74, 6) is 0.673. The molecule has 3 aromatic carbocycles. The highest BCUT2D eigenvalue weighted by Gasteiger charge is 2.02. The standard InChI is InChI=1S/C16H13Cl/c17-9-8-12-6-3-7-15-10-13-4-1-2-5-14(13)11-16(12)15/h1-7,10-11H,8-9H2. The van der Waals surface area contributed by atoms with Crippen molar-refractivity contribution in [2.45, 2.75) is 6.42 Å². The lowest BCUT2D eigenvalue weighted by Crippen LogP contribution is -1.88. The van der Waals surface area contributed by atoms with Crippen molar-refractivity contribution in [2.24, 2.45) is 0 Å². The number of benzene rings is 3. The molecule has 0 aliphatic rings. The molecular weight excluding hydrogens is 228 g/mol. The van der Waals surface area contributed by atoms with E-state index in [1.54, 1.807) is 0 Å². The molecule has 0 radical (unpaired) electrons. The topological polar surface area (TPSA) is 0 Å². The Morgan fingerprint density at radius 1 is 0.765 bits per heavy atom. The van der Waals surface area contributed by atoms with Gasteiger partial charge in [-0.15, -0.1) is 11.6 Å². The molecule has 3 rings (SSSR count). The molecule has 0 aliphatic carbocycles. The lowest BCUT2D eigenvalue weighted by Gasteiger charge is -2.07. The van der Waals surface area contributed by atoms with Gasteiger partial charge in [0.25, 0.3) is 0 Å². The van der Waals surface area contributed by atoms with E-state index in [1.165, 1.54) is 27.1 Å². The van der Waals surface area contributed by atoms with Gasteiger partial charge in [-0.25, -0.2) is 0 Å². The zero-order valence-corrected chi connectivity index (χ0v) is 10.2. The minimum Gasteiger partial charge on any atom is -0.126 e. The van der Waals surface area contributed by atoms with Gasteiger partial charge in [0, 0.05) is 5.88 Å². The monoisotopic (exact) mass is 240 g/mol. The Kier molecular flexibility index (Phi) is 2.74. The van der Waals surface area contributed by atoms with E-state index in [-0.39, 0.29) is 0 Å². The lowest BCUT2D eigenvalue weighted by molar-refractivity contribution is 1.17. The minimum absolute atomic E-state index is 0.673. The van der Waals surface area contributed by atoms with Crippen molar-refractivity contribution in [1.29, 1.82) is 0 Å². The van der Waals surface area contributed by atoms with Gasteiger partial charge >= 0.3 is 0 Å². The fourth-order valence-electron chi connectivity index (χ4n) is 2.35. The van der Waals surface area contributed by atoms with Crippen LogP contribution in [0.5, 0.6) is 0 Å². The van der Waals surface area contributed by atoms with E-state index in [4.69, 9.17) is 11.6 Å². The van der Waals surface area contributed by atoms with Crippen molar-refractivity contribution in [3.63, 3.8) is 0 Å². The Bertz CT molecular complexity index is 670. The van der Waals surface area contributed by atoms with Gasteiger partial charge in [-0.05, 0) is 45.7 Å². The molecule has 0 amide bonds. The summed E-state index contributed by atoms with van der Waals surface area (Å²) >= 11 is 5.85. The summed E-state index contributed by atoms with van der Waals surface area (Å²) in [4.78, 5) is 0. The van der Waals surface area contributed by atoms with Crippen LogP contribution in [0.15, 0.2) is 54.6 Å². The number of alkyl halides is 1. The molecular formula is C16H13Cl. The molecule has 0 N–H and O–H groups in total.